The summed E-state index contributed by atoms with van der Waals surface area (Å²) >= 11 is 2.52. The minimum Gasteiger partial charge on any atom is -0.477 e. The van der Waals surface area contributed by atoms with Crippen LogP contribution in [-0.2, 0) is 19.2 Å². The maximum Gasteiger partial charge on any atom is 0.352 e. The molecular weight excluding hydrogens is 572 g/mol. The summed E-state index contributed by atoms with van der Waals surface area (Å²) in [4.78, 5) is 55.5. The predicted octanol–water partition coefficient (Wildman–Crippen LogP) is -0.210. The number of aromatic nitrogens is 1. The van der Waals surface area contributed by atoms with Gasteiger partial charge in [0.05, 0.1) is 0 Å². The molecule has 1 fully saturated rings. The Labute approximate surface area is 243 Å². The standard InChI is InChI=1S/C24H30N10O5S2/c1-2-39-31-17(14-12-41-24(26)28-14)20(35)29-18-21(36)34-19(23(37)38)13(11-40-22(18)34)10-32-8-9-33-16(32)5-4-15(30-33)27-7-3-6-25/h5,8-9,12,18,22H,2-4,6-7,10-11,25H2,1H3,(H2,26,28)(H,27,30)(H,29,35)(H,37,38)/t18-,22-/m0/s1. The van der Waals surface area contributed by atoms with E-state index in [1.54, 1.807) is 12.3 Å². The van der Waals surface area contributed by atoms with Gasteiger partial charge in [-0.15, -0.1) is 23.1 Å². The summed E-state index contributed by atoms with van der Waals surface area (Å²) in [5.74, 6) is -0.362. The van der Waals surface area contributed by atoms with Crippen molar-refractivity contribution in [2.45, 2.75) is 31.2 Å². The van der Waals surface area contributed by atoms with Crippen molar-refractivity contribution in [1.82, 2.24) is 30.5 Å². The molecule has 1 aromatic rings. The van der Waals surface area contributed by atoms with Gasteiger partial charge in [0.25, 0.3) is 11.8 Å². The normalized spacial score (nSPS) is 22.7. The molecule has 218 valence electrons. The third kappa shape index (κ3) is 5.73. The first kappa shape index (κ1) is 28.4. The molecule has 2 atom stereocenters. The monoisotopic (exact) mass is 602 g/mol. The largest absolute Gasteiger partial charge is 0.477 e. The maximum atomic E-state index is 13.2. The number of oxime groups is 1. The zero-order valence-corrected chi connectivity index (χ0v) is 23.8. The number of hydrazine groups is 1. The Morgan fingerprint density at radius 2 is 2.20 bits per heavy atom. The smallest absolute Gasteiger partial charge is 0.352 e. The minimum atomic E-state index is -1.20. The van der Waals surface area contributed by atoms with Crippen molar-refractivity contribution in [2.24, 2.45) is 15.9 Å². The van der Waals surface area contributed by atoms with Crippen LogP contribution in [0, 0.1) is 0 Å². The number of thiazole rings is 1. The molecular formula is C24H30N10O5S2. The fourth-order valence-electron chi connectivity index (χ4n) is 4.61. The molecule has 1 aromatic heterocycles. The second-order valence-electron chi connectivity index (χ2n) is 9.19. The summed E-state index contributed by atoms with van der Waals surface area (Å²) in [6, 6.07) is -0.935. The third-order valence-electron chi connectivity index (χ3n) is 6.49. The van der Waals surface area contributed by atoms with Crippen LogP contribution in [0.3, 0.4) is 0 Å². The van der Waals surface area contributed by atoms with Crippen molar-refractivity contribution in [3.63, 3.8) is 0 Å². The summed E-state index contributed by atoms with van der Waals surface area (Å²) in [6.07, 6.45) is 7.09. The van der Waals surface area contributed by atoms with Crippen molar-refractivity contribution in [1.29, 1.82) is 0 Å². The quantitative estimate of drug-likeness (QED) is 0.0966. The third-order valence-corrected chi connectivity index (χ3v) is 8.50. The molecule has 2 amide bonds. The molecule has 5 heterocycles. The maximum absolute atomic E-state index is 13.2. The Balaban J connectivity index is 1.28. The van der Waals surface area contributed by atoms with Gasteiger partial charge in [0.1, 0.15) is 41.1 Å². The van der Waals surface area contributed by atoms with Crippen molar-refractivity contribution in [3.05, 3.63) is 46.6 Å². The van der Waals surface area contributed by atoms with Crippen LogP contribution < -0.4 is 22.2 Å². The number of rotatable bonds is 11. The van der Waals surface area contributed by atoms with E-state index in [0.29, 0.717) is 30.8 Å². The highest BCUT2D eigenvalue weighted by Gasteiger charge is 2.54. The number of carbonyl (C=O) groups excluding carboxylic acids is 2. The lowest BCUT2D eigenvalue weighted by molar-refractivity contribution is -0.150. The summed E-state index contributed by atoms with van der Waals surface area (Å²) in [6.45, 7) is 3.43. The molecule has 0 aliphatic carbocycles. The molecule has 0 saturated carbocycles. The fourth-order valence-corrected chi connectivity index (χ4v) is 6.49. The summed E-state index contributed by atoms with van der Waals surface area (Å²) in [5, 5.41) is 19.7. The average Bonchev–Trinajstić information content (AvgIpc) is 3.57. The molecule has 15 nitrogen and oxygen atoms in total. The molecule has 1 saturated heterocycles. The van der Waals surface area contributed by atoms with Crippen LogP contribution in [-0.4, -0.2) is 97.6 Å². The number of carboxylic acids is 1. The van der Waals surface area contributed by atoms with Crippen molar-refractivity contribution in [3.8, 4) is 0 Å². The number of aliphatic imine (C=N–C) groups is 1. The van der Waals surface area contributed by atoms with Crippen LogP contribution in [0.2, 0.25) is 0 Å². The number of anilines is 1. The average molecular weight is 603 g/mol. The number of nitrogens with zero attached hydrogens (tertiary/aromatic N) is 6. The number of amides is 2. The number of thioether (sulfide) groups is 1. The number of carbonyl (C=O) groups is 3. The number of carboxylic acid groups (broad SMARTS) is 1. The van der Waals surface area contributed by atoms with E-state index in [9.17, 15) is 19.5 Å². The van der Waals surface area contributed by atoms with Gasteiger partial charge in [-0.05, 0) is 31.5 Å². The van der Waals surface area contributed by atoms with Crippen LogP contribution in [0.5, 0.6) is 0 Å². The number of fused-ring (bicyclic) bond motifs is 2. The molecule has 0 bridgehead atoms. The van der Waals surface area contributed by atoms with E-state index < -0.39 is 29.2 Å². The second-order valence-corrected chi connectivity index (χ2v) is 11.2. The molecule has 17 heteroatoms. The Hall–Kier alpha value is -4.09. The van der Waals surface area contributed by atoms with Gasteiger partial charge in [0.2, 0.25) is 0 Å². The first-order valence-corrected chi connectivity index (χ1v) is 14.8. The van der Waals surface area contributed by atoms with Gasteiger partial charge in [-0.25, -0.2) is 14.8 Å². The van der Waals surface area contributed by atoms with E-state index in [1.807, 2.05) is 28.4 Å². The van der Waals surface area contributed by atoms with E-state index in [0.717, 1.165) is 29.4 Å². The molecule has 0 spiro atoms. The number of aliphatic carboxylic acids is 1. The molecule has 4 aliphatic heterocycles. The van der Waals surface area contributed by atoms with E-state index in [-0.39, 0.29) is 35.4 Å². The van der Waals surface area contributed by atoms with Crippen LogP contribution in [0.15, 0.2) is 51.1 Å². The lowest BCUT2D eigenvalue weighted by Gasteiger charge is -2.49. The van der Waals surface area contributed by atoms with Gasteiger partial charge >= 0.3 is 5.97 Å². The molecule has 4 aliphatic rings. The van der Waals surface area contributed by atoms with Crippen molar-refractivity contribution < 1.29 is 24.3 Å². The Kier molecular flexibility index (Phi) is 8.46. The van der Waals surface area contributed by atoms with Crippen LogP contribution in [0.4, 0.5) is 5.13 Å². The lowest BCUT2D eigenvalue weighted by Crippen LogP contribution is -2.71. The molecule has 41 heavy (non-hydrogen) atoms. The zero-order chi connectivity index (χ0) is 29.1. The number of hydrogen-bond donors (Lipinski definition) is 5. The van der Waals surface area contributed by atoms with E-state index in [4.69, 9.17) is 16.3 Å². The molecule has 0 unspecified atom stereocenters. The van der Waals surface area contributed by atoms with E-state index in [1.165, 1.54) is 16.7 Å². The second kappa shape index (κ2) is 12.2. The van der Waals surface area contributed by atoms with Gasteiger partial charge in [-0.1, -0.05) is 5.16 Å². The number of hydrogen-bond acceptors (Lipinski definition) is 13. The molecule has 7 N–H and O–H groups in total. The lowest BCUT2D eigenvalue weighted by atomic mass is 10.0. The number of nitrogens with two attached hydrogens (primary N) is 2. The van der Waals surface area contributed by atoms with Crippen molar-refractivity contribution >= 4 is 57.6 Å². The number of nitrogens with one attached hydrogen (secondary N) is 2. The minimum absolute atomic E-state index is 0.0695. The van der Waals surface area contributed by atoms with Gasteiger partial charge in [0, 0.05) is 43.0 Å². The van der Waals surface area contributed by atoms with E-state index in [2.05, 4.69) is 25.9 Å². The van der Waals surface area contributed by atoms with Gasteiger partial charge in [-0.2, -0.15) is 0 Å². The first-order valence-electron chi connectivity index (χ1n) is 12.9. The molecule has 5 rings (SSSR count). The van der Waals surface area contributed by atoms with E-state index >= 15 is 0 Å². The predicted molar refractivity (Wildman–Crippen MR) is 154 cm³/mol. The zero-order valence-electron chi connectivity index (χ0n) is 22.1. The Bertz CT molecular complexity index is 1390. The number of amidine groups is 1. The SMILES string of the molecule is CCON=C(C(=O)N[C@H]1C(=O)N2C(C(=O)O)=C(CN3C=CN4NC(=NCCCN)CC=C34)CS[C@@H]12)c1csc(N)n1. The highest BCUT2D eigenvalue weighted by molar-refractivity contribution is 8.00. The van der Waals surface area contributed by atoms with Crippen LogP contribution in [0.25, 0.3) is 0 Å². The van der Waals surface area contributed by atoms with Gasteiger partial charge in [0.15, 0.2) is 10.8 Å². The summed E-state index contributed by atoms with van der Waals surface area (Å²) in [5.41, 5.74) is 15.1. The first-order chi connectivity index (χ1) is 19.8. The highest BCUT2D eigenvalue weighted by Crippen LogP contribution is 2.41. The summed E-state index contributed by atoms with van der Waals surface area (Å²) < 4.78 is 0. The van der Waals surface area contributed by atoms with Crippen LogP contribution in [0.1, 0.15) is 25.5 Å². The topological polar surface area (TPSA) is 204 Å². The fraction of sp³-hybridized carbons (Fsp3) is 0.417. The number of nitrogen functional groups attached to an aromatic ring is 1. The van der Waals surface area contributed by atoms with Gasteiger partial charge < -0.3 is 31.6 Å². The summed E-state index contributed by atoms with van der Waals surface area (Å²) in [7, 11) is 0. The number of β-lactam (4-membered cyclic amide) rings is 1. The Morgan fingerprint density at radius 3 is 2.90 bits per heavy atom. The molecule has 0 aromatic carbocycles. The van der Waals surface area contributed by atoms with Crippen molar-refractivity contribution in [2.75, 3.05) is 37.7 Å². The highest BCUT2D eigenvalue weighted by atomic mass is 32.2. The van der Waals surface area contributed by atoms with Gasteiger partial charge in [-0.3, -0.25) is 24.9 Å². The van der Waals surface area contributed by atoms with Crippen LogP contribution >= 0.6 is 23.1 Å². The molecule has 0 radical (unpaired) electrons. The Morgan fingerprint density at radius 1 is 1.37 bits per heavy atom.